The lowest BCUT2D eigenvalue weighted by atomic mass is 9.70. The SMILES string of the molecule is CON=C(C(=O)NC1C(=O)N2C(C(=O)O)=C(COC(C)=O)CS[C@H]12)c1nc(C(c2ccccc2)(c2ccccc2)c2ccccc2)sc1N. The number of carbonyl (C=O) groups is 4. The van der Waals surface area contributed by atoms with E-state index in [2.05, 4.69) is 10.5 Å². The molecule has 3 aromatic carbocycles. The van der Waals surface area contributed by atoms with Crippen molar-refractivity contribution in [2.24, 2.45) is 5.16 Å². The molecular weight excluding hydrogens is 667 g/mol. The van der Waals surface area contributed by atoms with E-state index >= 15 is 0 Å². The van der Waals surface area contributed by atoms with E-state index in [1.54, 1.807) is 0 Å². The standard InChI is InChI=1S/C35H31N5O7S2/c1-20(41)47-18-21-19-48-32-27(31(43)40(32)28(21)33(44)45)37-30(42)26(39-46-2)25-29(36)49-34(38-25)35(22-12-6-3-7-13-22,23-14-8-4-9-15-23)24-16-10-5-11-17-24/h3-17,27,32H,18-19,36H2,1-2H3,(H,37,42)(H,44,45)/t27?,32-/m1/s1. The molecule has 250 valence electrons. The number of fused-ring (bicyclic) bond motifs is 1. The van der Waals surface area contributed by atoms with Gasteiger partial charge in [0.15, 0.2) is 5.71 Å². The molecule has 1 saturated heterocycles. The van der Waals surface area contributed by atoms with Crippen LogP contribution in [0.4, 0.5) is 5.00 Å². The van der Waals surface area contributed by atoms with Gasteiger partial charge in [0.1, 0.15) is 46.5 Å². The second-order valence-corrected chi connectivity index (χ2v) is 13.2. The maximum Gasteiger partial charge on any atom is 0.352 e. The molecule has 2 aliphatic rings. The molecule has 1 fully saturated rings. The zero-order valence-electron chi connectivity index (χ0n) is 26.4. The van der Waals surface area contributed by atoms with E-state index in [-0.39, 0.29) is 40.0 Å². The van der Waals surface area contributed by atoms with Crippen molar-refractivity contribution < 1.29 is 33.9 Å². The summed E-state index contributed by atoms with van der Waals surface area (Å²) < 4.78 is 5.00. The zero-order valence-corrected chi connectivity index (χ0v) is 28.0. The van der Waals surface area contributed by atoms with Crippen LogP contribution in [0.2, 0.25) is 0 Å². The molecule has 0 aliphatic carbocycles. The summed E-state index contributed by atoms with van der Waals surface area (Å²) in [5.41, 5.74) is 8.30. The molecule has 2 atom stereocenters. The van der Waals surface area contributed by atoms with Gasteiger partial charge in [-0.1, -0.05) is 107 Å². The van der Waals surface area contributed by atoms with Crippen LogP contribution in [-0.2, 0) is 34.2 Å². The summed E-state index contributed by atoms with van der Waals surface area (Å²) in [7, 11) is 1.28. The highest BCUT2D eigenvalue weighted by molar-refractivity contribution is 8.00. The Kier molecular flexibility index (Phi) is 9.51. The Balaban J connectivity index is 1.37. The number of thiazole rings is 1. The number of thioether (sulfide) groups is 1. The Morgan fingerprint density at radius 1 is 1.00 bits per heavy atom. The van der Waals surface area contributed by atoms with Crippen molar-refractivity contribution in [1.29, 1.82) is 0 Å². The van der Waals surface area contributed by atoms with Gasteiger partial charge in [-0.15, -0.1) is 11.8 Å². The number of hydrogen-bond donors (Lipinski definition) is 3. The second kappa shape index (κ2) is 13.9. The fourth-order valence-corrected chi connectivity index (χ4v) is 8.49. The number of β-lactam (4-membered cyclic amide) rings is 1. The summed E-state index contributed by atoms with van der Waals surface area (Å²) in [6, 6.07) is 28.5. The van der Waals surface area contributed by atoms with Gasteiger partial charge in [-0.25, -0.2) is 9.78 Å². The van der Waals surface area contributed by atoms with E-state index < -0.39 is 40.6 Å². The fourth-order valence-electron chi connectivity index (χ4n) is 6.07. The number of ether oxygens (including phenoxy) is 1. The number of aromatic nitrogens is 1. The highest BCUT2D eigenvalue weighted by Crippen LogP contribution is 2.47. The monoisotopic (exact) mass is 697 g/mol. The molecule has 3 heterocycles. The molecule has 2 aliphatic heterocycles. The van der Waals surface area contributed by atoms with E-state index in [0.717, 1.165) is 21.6 Å². The Hall–Kier alpha value is -5.47. The van der Waals surface area contributed by atoms with Crippen LogP contribution < -0.4 is 11.1 Å². The van der Waals surface area contributed by atoms with Crippen LogP contribution >= 0.6 is 23.1 Å². The molecule has 49 heavy (non-hydrogen) atoms. The van der Waals surface area contributed by atoms with E-state index in [0.29, 0.717) is 5.01 Å². The molecule has 12 nitrogen and oxygen atoms in total. The first-order valence-corrected chi connectivity index (χ1v) is 16.9. The van der Waals surface area contributed by atoms with Gasteiger partial charge in [0.25, 0.3) is 11.8 Å². The smallest absolute Gasteiger partial charge is 0.352 e. The number of nitrogen functional groups attached to an aromatic ring is 1. The summed E-state index contributed by atoms with van der Waals surface area (Å²) in [5.74, 6) is -3.15. The maximum absolute atomic E-state index is 13.9. The predicted octanol–water partition coefficient (Wildman–Crippen LogP) is 3.76. The number of hydrogen-bond acceptors (Lipinski definition) is 11. The number of esters is 1. The number of benzene rings is 3. The van der Waals surface area contributed by atoms with Gasteiger partial charge in [0.2, 0.25) is 0 Å². The number of nitrogens with two attached hydrogens (primary N) is 1. The van der Waals surface area contributed by atoms with Gasteiger partial charge in [0, 0.05) is 18.2 Å². The average Bonchev–Trinajstić information content (AvgIpc) is 3.50. The van der Waals surface area contributed by atoms with Crippen LogP contribution in [0.25, 0.3) is 0 Å². The third-order valence-corrected chi connectivity index (χ3v) is 10.5. The largest absolute Gasteiger partial charge is 0.477 e. The van der Waals surface area contributed by atoms with Gasteiger partial charge in [-0.05, 0) is 16.7 Å². The zero-order chi connectivity index (χ0) is 34.7. The van der Waals surface area contributed by atoms with Crippen LogP contribution in [0, 0.1) is 0 Å². The number of amides is 2. The number of carboxylic acids is 1. The first kappa shape index (κ1) is 33.4. The lowest BCUT2D eigenvalue weighted by Gasteiger charge is -2.49. The summed E-state index contributed by atoms with van der Waals surface area (Å²) in [5, 5.41) is 16.6. The van der Waals surface area contributed by atoms with Crippen LogP contribution in [-0.4, -0.2) is 75.3 Å². The summed E-state index contributed by atoms with van der Waals surface area (Å²) >= 11 is 2.45. The quantitative estimate of drug-likeness (QED) is 0.0689. The lowest BCUT2D eigenvalue weighted by molar-refractivity contribution is -0.150. The van der Waals surface area contributed by atoms with Gasteiger partial charge in [0.05, 0.1) is 5.41 Å². The number of anilines is 1. The van der Waals surface area contributed by atoms with Crippen molar-refractivity contribution >= 4 is 57.6 Å². The van der Waals surface area contributed by atoms with Crippen molar-refractivity contribution in [1.82, 2.24) is 15.2 Å². The van der Waals surface area contributed by atoms with Crippen molar-refractivity contribution in [2.75, 3.05) is 25.2 Å². The molecule has 4 N–H and O–H groups in total. The number of carbonyl (C=O) groups excluding carboxylic acids is 3. The summed E-state index contributed by atoms with van der Waals surface area (Å²) in [6.45, 7) is 0.951. The van der Waals surface area contributed by atoms with Crippen LogP contribution in [0.5, 0.6) is 0 Å². The Bertz CT molecular complexity index is 1870. The topological polar surface area (TPSA) is 174 Å². The molecule has 2 amide bonds. The van der Waals surface area contributed by atoms with Gasteiger partial charge in [-0.2, -0.15) is 0 Å². The average molecular weight is 698 g/mol. The first-order valence-electron chi connectivity index (χ1n) is 15.1. The molecule has 1 aromatic heterocycles. The van der Waals surface area contributed by atoms with Gasteiger partial charge < -0.3 is 25.7 Å². The molecule has 0 radical (unpaired) electrons. The van der Waals surface area contributed by atoms with E-state index in [4.69, 9.17) is 20.3 Å². The van der Waals surface area contributed by atoms with Crippen molar-refractivity contribution in [3.8, 4) is 0 Å². The van der Waals surface area contributed by atoms with E-state index in [1.165, 1.54) is 37.1 Å². The number of nitrogens with zero attached hydrogens (tertiary/aromatic N) is 3. The van der Waals surface area contributed by atoms with Crippen molar-refractivity contribution in [2.45, 2.75) is 23.8 Å². The fraction of sp³-hybridized carbons (Fsp3) is 0.200. The molecule has 14 heteroatoms. The minimum absolute atomic E-state index is 0.0706. The number of nitrogens with one attached hydrogen (secondary N) is 1. The third-order valence-electron chi connectivity index (χ3n) is 8.20. The number of oxime groups is 1. The molecule has 0 bridgehead atoms. The van der Waals surface area contributed by atoms with Crippen molar-refractivity contribution in [3.05, 3.63) is 130 Å². The number of rotatable bonds is 11. The summed E-state index contributed by atoms with van der Waals surface area (Å²) in [6.07, 6.45) is 0. The van der Waals surface area contributed by atoms with Crippen LogP contribution in [0.15, 0.2) is 107 Å². The molecule has 6 rings (SSSR count). The van der Waals surface area contributed by atoms with Gasteiger partial charge >= 0.3 is 11.9 Å². The Morgan fingerprint density at radius 2 is 1.55 bits per heavy atom. The Morgan fingerprint density at radius 3 is 2.04 bits per heavy atom. The minimum Gasteiger partial charge on any atom is -0.477 e. The Labute approximate surface area is 289 Å². The number of carboxylic acid groups (broad SMARTS) is 1. The molecule has 4 aromatic rings. The highest BCUT2D eigenvalue weighted by atomic mass is 32.2. The minimum atomic E-state index is -1.34. The highest BCUT2D eigenvalue weighted by Gasteiger charge is 2.54. The molecule has 0 spiro atoms. The third kappa shape index (κ3) is 6.04. The first-order chi connectivity index (χ1) is 23.7. The number of aliphatic carboxylic acids is 1. The van der Waals surface area contributed by atoms with Crippen molar-refractivity contribution in [3.63, 3.8) is 0 Å². The second-order valence-electron chi connectivity index (χ2n) is 11.1. The molecular formula is C35H31N5O7S2. The molecule has 0 saturated carbocycles. The van der Waals surface area contributed by atoms with E-state index in [1.807, 2.05) is 91.0 Å². The van der Waals surface area contributed by atoms with Gasteiger partial charge in [-0.3, -0.25) is 19.3 Å². The lowest BCUT2D eigenvalue weighted by Crippen LogP contribution is -2.71. The van der Waals surface area contributed by atoms with Crippen LogP contribution in [0.1, 0.15) is 34.3 Å². The van der Waals surface area contributed by atoms with E-state index in [9.17, 15) is 24.3 Å². The summed E-state index contributed by atoms with van der Waals surface area (Å²) in [4.78, 5) is 61.8. The normalized spacial score (nSPS) is 17.6. The maximum atomic E-state index is 13.9. The predicted molar refractivity (Wildman–Crippen MR) is 185 cm³/mol. The van der Waals surface area contributed by atoms with Crippen LogP contribution in [0.3, 0.4) is 0 Å². The molecule has 1 unspecified atom stereocenters.